The number of ketones is 1. The van der Waals surface area contributed by atoms with Crippen LogP contribution in [-0.2, 0) is 0 Å². The topological polar surface area (TPSA) is 47.6 Å². The molecule has 0 saturated carbocycles. The van der Waals surface area contributed by atoms with Crippen LogP contribution in [0.25, 0.3) is 0 Å². The van der Waals surface area contributed by atoms with E-state index in [9.17, 15) is 4.79 Å². The predicted molar refractivity (Wildman–Crippen MR) is 66.9 cm³/mol. The van der Waals surface area contributed by atoms with Gasteiger partial charge < -0.3 is 14.8 Å². The van der Waals surface area contributed by atoms with Crippen LogP contribution in [0.4, 0.5) is 0 Å². The third kappa shape index (κ3) is 3.60. The van der Waals surface area contributed by atoms with Crippen molar-refractivity contribution < 1.29 is 14.3 Å². The molecule has 1 aromatic rings. The Morgan fingerprint density at radius 3 is 2.76 bits per heavy atom. The van der Waals surface area contributed by atoms with Crippen molar-refractivity contribution in [3.8, 4) is 11.5 Å². The molecule has 0 atom stereocenters. The van der Waals surface area contributed by atoms with E-state index in [-0.39, 0.29) is 12.3 Å². The molecule has 0 aromatic heterocycles. The molecule has 0 saturated heterocycles. The summed E-state index contributed by atoms with van der Waals surface area (Å²) in [5.74, 6) is 1.15. The van der Waals surface area contributed by atoms with Crippen molar-refractivity contribution in [3.63, 3.8) is 0 Å². The standard InChI is InChI=1S/C13H17NO3/c1-4-7-14-9-12(15)11-8-10(16-2)5-6-13(11)17-3/h4-6,8,14H,1,7,9H2,2-3H3. The van der Waals surface area contributed by atoms with Gasteiger partial charge in [0, 0.05) is 6.54 Å². The zero-order valence-electron chi connectivity index (χ0n) is 10.2. The van der Waals surface area contributed by atoms with Crippen LogP contribution in [0.5, 0.6) is 11.5 Å². The van der Waals surface area contributed by atoms with Gasteiger partial charge in [-0.2, -0.15) is 0 Å². The maximum absolute atomic E-state index is 11.9. The van der Waals surface area contributed by atoms with Crippen molar-refractivity contribution in [3.05, 3.63) is 36.4 Å². The Morgan fingerprint density at radius 2 is 2.18 bits per heavy atom. The number of rotatable bonds is 7. The first-order valence-electron chi connectivity index (χ1n) is 5.29. The van der Waals surface area contributed by atoms with Crippen molar-refractivity contribution >= 4 is 5.78 Å². The van der Waals surface area contributed by atoms with E-state index in [1.807, 2.05) is 0 Å². The number of hydrogen-bond donors (Lipinski definition) is 1. The second-order valence-electron chi connectivity index (χ2n) is 3.41. The quantitative estimate of drug-likeness (QED) is 0.443. The minimum atomic E-state index is -0.0393. The summed E-state index contributed by atoms with van der Waals surface area (Å²) in [6, 6.07) is 5.16. The van der Waals surface area contributed by atoms with Crippen LogP contribution in [0.1, 0.15) is 10.4 Å². The maximum atomic E-state index is 11.9. The molecule has 0 aliphatic heterocycles. The number of ether oxygens (including phenoxy) is 2. The molecule has 0 fully saturated rings. The number of carbonyl (C=O) groups excluding carboxylic acids is 1. The average molecular weight is 235 g/mol. The lowest BCUT2D eigenvalue weighted by Crippen LogP contribution is -2.23. The number of carbonyl (C=O) groups is 1. The molecule has 0 radical (unpaired) electrons. The Hall–Kier alpha value is -1.81. The summed E-state index contributed by atoms with van der Waals surface area (Å²) in [7, 11) is 3.10. The van der Waals surface area contributed by atoms with Gasteiger partial charge in [0.05, 0.1) is 26.3 Å². The van der Waals surface area contributed by atoms with Crippen LogP contribution < -0.4 is 14.8 Å². The molecule has 17 heavy (non-hydrogen) atoms. The van der Waals surface area contributed by atoms with Gasteiger partial charge in [0.15, 0.2) is 5.78 Å². The summed E-state index contributed by atoms with van der Waals surface area (Å²) in [6.45, 7) is 4.41. The summed E-state index contributed by atoms with van der Waals surface area (Å²) in [5, 5.41) is 2.96. The van der Waals surface area contributed by atoms with Crippen LogP contribution in [0, 0.1) is 0 Å². The highest BCUT2D eigenvalue weighted by Gasteiger charge is 2.12. The number of benzene rings is 1. The molecule has 0 spiro atoms. The lowest BCUT2D eigenvalue weighted by atomic mass is 10.1. The summed E-state index contributed by atoms with van der Waals surface area (Å²) in [4.78, 5) is 11.9. The van der Waals surface area contributed by atoms with Gasteiger partial charge in [0.25, 0.3) is 0 Å². The van der Waals surface area contributed by atoms with Gasteiger partial charge in [-0.3, -0.25) is 4.79 Å². The normalized spacial score (nSPS) is 9.76. The molecule has 0 aliphatic rings. The summed E-state index contributed by atoms with van der Waals surface area (Å²) < 4.78 is 10.2. The molecule has 0 unspecified atom stereocenters. The molecule has 92 valence electrons. The number of hydrogen-bond acceptors (Lipinski definition) is 4. The van der Waals surface area contributed by atoms with Crippen molar-refractivity contribution in [2.24, 2.45) is 0 Å². The van der Waals surface area contributed by atoms with Gasteiger partial charge in [-0.25, -0.2) is 0 Å². The van der Waals surface area contributed by atoms with E-state index in [2.05, 4.69) is 11.9 Å². The van der Waals surface area contributed by atoms with Crippen LogP contribution in [0.3, 0.4) is 0 Å². The Bertz CT molecular complexity index is 402. The van der Waals surface area contributed by atoms with Crippen LogP contribution in [-0.4, -0.2) is 33.1 Å². The first-order chi connectivity index (χ1) is 8.22. The lowest BCUT2D eigenvalue weighted by Gasteiger charge is -2.09. The highest BCUT2D eigenvalue weighted by atomic mass is 16.5. The number of methoxy groups -OCH3 is 2. The van der Waals surface area contributed by atoms with Crippen molar-refractivity contribution in [2.45, 2.75) is 0 Å². The van der Waals surface area contributed by atoms with Gasteiger partial charge in [-0.05, 0) is 18.2 Å². The summed E-state index contributed by atoms with van der Waals surface area (Å²) in [5.41, 5.74) is 0.517. The number of nitrogens with one attached hydrogen (secondary N) is 1. The summed E-state index contributed by atoms with van der Waals surface area (Å²) >= 11 is 0. The van der Waals surface area contributed by atoms with E-state index in [1.54, 1.807) is 31.4 Å². The van der Waals surface area contributed by atoms with Crippen LogP contribution >= 0.6 is 0 Å². The molecule has 1 N–H and O–H groups in total. The minimum absolute atomic E-state index is 0.0393. The van der Waals surface area contributed by atoms with E-state index < -0.39 is 0 Å². The fourth-order valence-corrected chi connectivity index (χ4v) is 1.41. The monoisotopic (exact) mass is 235 g/mol. The third-order valence-corrected chi connectivity index (χ3v) is 2.28. The molecular formula is C13H17NO3. The highest BCUT2D eigenvalue weighted by molar-refractivity contribution is 6.00. The van der Waals surface area contributed by atoms with Crippen molar-refractivity contribution in [1.82, 2.24) is 5.32 Å². The van der Waals surface area contributed by atoms with Crippen LogP contribution in [0.15, 0.2) is 30.9 Å². The van der Waals surface area contributed by atoms with Gasteiger partial charge in [0.1, 0.15) is 11.5 Å². The Labute approximate surface area is 101 Å². The molecule has 1 aromatic carbocycles. The molecule has 4 heteroatoms. The SMILES string of the molecule is C=CCNCC(=O)c1cc(OC)ccc1OC. The molecule has 4 nitrogen and oxygen atoms in total. The minimum Gasteiger partial charge on any atom is -0.497 e. The van der Waals surface area contributed by atoms with Gasteiger partial charge >= 0.3 is 0 Å². The molecule has 0 aliphatic carbocycles. The first kappa shape index (κ1) is 13.3. The molecule has 0 heterocycles. The van der Waals surface area contributed by atoms with Gasteiger partial charge in [-0.1, -0.05) is 6.08 Å². The molecule has 0 amide bonds. The van der Waals surface area contributed by atoms with E-state index in [4.69, 9.17) is 9.47 Å². The molecule has 1 rings (SSSR count). The average Bonchev–Trinajstić information content (AvgIpc) is 2.38. The van der Waals surface area contributed by atoms with E-state index >= 15 is 0 Å². The van der Waals surface area contributed by atoms with E-state index in [1.165, 1.54) is 7.11 Å². The zero-order chi connectivity index (χ0) is 12.7. The van der Waals surface area contributed by atoms with Gasteiger partial charge in [-0.15, -0.1) is 6.58 Å². The van der Waals surface area contributed by atoms with Gasteiger partial charge in [0.2, 0.25) is 0 Å². The second kappa shape index (κ2) is 6.70. The summed E-state index contributed by atoms with van der Waals surface area (Å²) in [6.07, 6.45) is 1.70. The van der Waals surface area contributed by atoms with Crippen molar-refractivity contribution in [2.75, 3.05) is 27.3 Å². The Morgan fingerprint density at radius 1 is 1.41 bits per heavy atom. The largest absolute Gasteiger partial charge is 0.497 e. The third-order valence-electron chi connectivity index (χ3n) is 2.28. The number of Topliss-reactive ketones (excluding diaryl/α,β-unsaturated/α-hetero) is 1. The van der Waals surface area contributed by atoms with E-state index in [0.717, 1.165) is 0 Å². The van der Waals surface area contributed by atoms with Crippen molar-refractivity contribution in [1.29, 1.82) is 0 Å². The first-order valence-corrected chi connectivity index (χ1v) is 5.29. The maximum Gasteiger partial charge on any atom is 0.180 e. The zero-order valence-corrected chi connectivity index (χ0v) is 10.2. The fraction of sp³-hybridized carbons (Fsp3) is 0.308. The smallest absolute Gasteiger partial charge is 0.180 e. The predicted octanol–water partition coefficient (Wildman–Crippen LogP) is 1.66. The second-order valence-corrected chi connectivity index (χ2v) is 3.41. The lowest BCUT2D eigenvalue weighted by molar-refractivity contribution is 0.0989. The van der Waals surface area contributed by atoms with Crippen LogP contribution in [0.2, 0.25) is 0 Å². The Kier molecular flexibility index (Phi) is 5.23. The molecular weight excluding hydrogens is 218 g/mol. The fourth-order valence-electron chi connectivity index (χ4n) is 1.41. The molecule has 0 bridgehead atoms. The highest BCUT2D eigenvalue weighted by Crippen LogP contribution is 2.24. The Balaban J connectivity index is 2.85. The van der Waals surface area contributed by atoms with E-state index in [0.29, 0.717) is 23.6 Å².